The number of rotatable bonds is 13. The molecule has 0 radical (unpaired) electrons. The number of hydrogen-bond acceptors (Lipinski definition) is 14. The first-order chi connectivity index (χ1) is 23.3. The van der Waals surface area contributed by atoms with Gasteiger partial charge < -0.3 is 38.3 Å². The Bertz CT molecular complexity index is 1750. The molecule has 0 saturated carbocycles. The minimum Gasteiger partial charge on any atom is -0.497 e. The number of methoxy groups -OCH3 is 3. The maximum atomic E-state index is 13.3. The molecule has 0 heterocycles. The van der Waals surface area contributed by atoms with Crippen LogP contribution in [0.2, 0.25) is 0 Å². The molecular weight excluding hydrogens is 652 g/mol. The zero-order chi connectivity index (χ0) is 36.2. The van der Waals surface area contributed by atoms with Gasteiger partial charge in [0.1, 0.15) is 5.75 Å². The van der Waals surface area contributed by atoms with Crippen molar-refractivity contribution in [2.45, 2.75) is 26.1 Å². The summed E-state index contributed by atoms with van der Waals surface area (Å²) in [6.45, 7) is 2.27. The molecule has 17 nitrogen and oxygen atoms in total. The van der Waals surface area contributed by atoms with E-state index in [1.807, 2.05) is 5.43 Å². The molecule has 0 bridgehead atoms. The molecular formula is C32H30N2O15. The quantitative estimate of drug-likeness (QED) is 0.133. The molecule has 3 aromatic carbocycles. The molecule has 0 aliphatic heterocycles. The predicted octanol–water partition coefficient (Wildman–Crippen LogP) is 1.86. The van der Waals surface area contributed by atoms with Crippen LogP contribution in [0.4, 0.5) is 0 Å². The van der Waals surface area contributed by atoms with E-state index in [1.165, 1.54) is 57.7 Å². The number of nitrogens with one attached hydrogen (secondary N) is 2. The number of carbonyl (C=O) groups excluding carboxylic acids is 6. The lowest BCUT2D eigenvalue weighted by Gasteiger charge is -2.24. The van der Waals surface area contributed by atoms with Gasteiger partial charge in [-0.15, -0.1) is 0 Å². The van der Waals surface area contributed by atoms with Crippen molar-refractivity contribution in [2.24, 2.45) is 0 Å². The third-order valence-corrected chi connectivity index (χ3v) is 6.20. The Balaban J connectivity index is 1.93. The molecule has 0 aliphatic rings. The average Bonchev–Trinajstić information content (AvgIpc) is 3.07. The van der Waals surface area contributed by atoms with Crippen molar-refractivity contribution in [3.63, 3.8) is 0 Å². The minimum absolute atomic E-state index is 0.0574. The van der Waals surface area contributed by atoms with Crippen LogP contribution in [0.5, 0.6) is 28.7 Å². The van der Waals surface area contributed by atoms with E-state index in [2.05, 4.69) is 5.43 Å². The van der Waals surface area contributed by atoms with Gasteiger partial charge in [-0.2, -0.15) is 0 Å². The summed E-state index contributed by atoms with van der Waals surface area (Å²) in [7, 11) is 3.85. The van der Waals surface area contributed by atoms with Crippen LogP contribution >= 0.6 is 0 Å². The van der Waals surface area contributed by atoms with Gasteiger partial charge in [-0.25, -0.2) is 14.4 Å². The van der Waals surface area contributed by atoms with Gasteiger partial charge in [0.15, 0.2) is 23.0 Å². The van der Waals surface area contributed by atoms with Gasteiger partial charge in [0.05, 0.1) is 32.5 Å². The molecule has 3 rings (SSSR count). The number of benzene rings is 3. The van der Waals surface area contributed by atoms with Crippen molar-refractivity contribution >= 4 is 41.7 Å². The fourth-order valence-electron chi connectivity index (χ4n) is 3.93. The second kappa shape index (κ2) is 16.8. The summed E-state index contributed by atoms with van der Waals surface area (Å²) >= 11 is 0. The zero-order valence-corrected chi connectivity index (χ0v) is 26.6. The van der Waals surface area contributed by atoms with E-state index in [-0.39, 0.29) is 39.7 Å². The van der Waals surface area contributed by atoms with Gasteiger partial charge in [0.2, 0.25) is 12.2 Å². The summed E-state index contributed by atoms with van der Waals surface area (Å²) in [6.07, 6.45) is -4.90. The number of hydrazine groups is 1. The molecule has 0 unspecified atom stereocenters. The number of esters is 4. The second-order valence-electron chi connectivity index (χ2n) is 9.58. The van der Waals surface area contributed by atoms with Gasteiger partial charge >= 0.3 is 29.8 Å². The molecule has 258 valence electrons. The van der Waals surface area contributed by atoms with Crippen LogP contribution in [0.15, 0.2) is 60.7 Å². The zero-order valence-electron chi connectivity index (χ0n) is 26.6. The summed E-state index contributed by atoms with van der Waals surface area (Å²) in [5, 5.41) is 10.0. The Morgan fingerprint density at radius 1 is 0.571 bits per heavy atom. The highest BCUT2D eigenvalue weighted by atomic mass is 16.6. The highest BCUT2D eigenvalue weighted by molar-refractivity contribution is 5.99. The van der Waals surface area contributed by atoms with Crippen molar-refractivity contribution in [3.05, 3.63) is 77.4 Å². The fraction of sp³-hybridized carbons (Fsp3) is 0.219. The molecule has 3 N–H and O–H groups in total. The highest BCUT2D eigenvalue weighted by Gasteiger charge is 2.41. The fourth-order valence-corrected chi connectivity index (χ4v) is 3.93. The number of carbonyl (C=O) groups is 7. The molecule has 17 heteroatoms. The highest BCUT2D eigenvalue weighted by Crippen LogP contribution is 2.30. The van der Waals surface area contributed by atoms with Crippen LogP contribution in [0.3, 0.4) is 0 Å². The monoisotopic (exact) mass is 682 g/mol. The Kier molecular flexibility index (Phi) is 12.6. The SMILES string of the molecule is COc1ccc(C(=O)NNC(=O)[C@@H](OC(=O)c2ccc(OC(C)=O)c(OC)c2)[C@H](OC(=O)c2ccc(OC(C)=O)c(OC)c2)C(=O)O)cc1. The normalized spacial score (nSPS) is 11.4. The first kappa shape index (κ1) is 36.8. The Hall–Kier alpha value is -6.65. The summed E-state index contributed by atoms with van der Waals surface area (Å²) < 4.78 is 35.6. The van der Waals surface area contributed by atoms with E-state index in [4.69, 9.17) is 33.2 Å². The maximum absolute atomic E-state index is 13.3. The van der Waals surface area contributed by atoms with E-state index in [9.17, 15) is 38.7 Å². The number of aliphatic carboxylic acids is 1. The number of amides is 2. The molecule has 2 atom stereocenters. The first-order valence-electron chi connectivity index (χ1n) is 13.9. The van der Waals surface area contributed by atoms with Crippen LogP contribution in [0.25, 0.3) is 0 Å². The summed E-state index contributed by atoms with van der Waals surface area (Å²) in [5.41, 5.74) is 3.48. The Morgan fingerprint density at radius 2 is 1.02 bits per heavy atom. The van der Waals surface area contributed by atoms with Crippen molar-refractivity contribution in [2.75, 3.05) is 21.3 Å². The van der Waals surface area contributed by atoms with Crippen LogP contribution in [-0.4, -0.2) is 80.3 Å². The van der Waals surface area contributed by atoms with E-state index >= 15 is 0 Å². The number of carboxylic acid groups (broad SMARTS) is 1. The molecule has 0 aliphatic carbocycles. The van der Waals surface area contributed by atoms with Crippen LogP contribution in [0.1, 0.15) is 44.9 Å². The van der Waals surface area contributed by atoms with Crippen LogP contribution < -0.4 is 34.5 Å². The van der Waals surface area contributed by atoms with Gasteiger partial charge in [0, 0.05) is 19.4 Å². The van der Waals surface area contributed by atoms with E-state index < -0.39 is 53.9 Å². The van der Waals surface area contributed by atoms with Crippen molar-refractivity contribution in [1.82, 2.24) is 10.9 Å². The number of hydrogen-bond donors (Lipinski definition) is 3. The van der Waals surface area contributed by atoms with Crippen molar-refractivity contribution < 1.29 is 71.8 Å². The first-order valence-corrected chi connectivity index (χ1v) is 13.9. The number of carboxylic acids is 1. The second-order valence-corrected chi connectivity index (χ2v) is 9.58. The molecule has 0 spiro atoms. The third kappa shape index (κ3) is 9.92. The summed E-state index contributed by atoms with van der Waals surface area (Å²) in [4.78, 5) is 87.5. The van der Waals surface area contributed by atoms with Crippen molar-refractivity contribution in [3.8, 4) is 28.7 Å². The lowest BCUT2D eigenvalue weighted by atomic mass is 10.1. The standard InChI is InChI=1S/C32H30N2O15/c1-16(35)46-22-12-8-19(14-24(22)44-4)31(41)48-26(29(38)34-33-28(37)18-6-10-21(43-3)11-7-18)27(30(39)40)49-32(42)20-9-13-23(47-17(2)36)25(15-20)45-5/h6-15,26-27H,1-5H3,(H,33,37)(H,34,38)(H,39,40)/t26-,27-/m0/s1. The largest absolute Gasteiger partial charge is 0.497 e. The topological polar surface area (TPSA) is 228 Å². The summed E-state index contributed by atoms with van der Waals surface area (Å²) in [5.74, 6) is -8.05. The van der Waals surface area contributed by atoms with E-state index in [0.717, 1.165) is 38.1 Å². The third-order valence-electron chi connectivity index (χ3n) is 6.20. The van der Waals surface area contributed by atoms with Crippen LogP contribution in [0, 0.1) is 0 Å². The molecule has 0 aromatic heterocycles. The van der Waals surface area contributed by atoms with Crippen molar-refractivity contribution in [1.29, 1.82) is 0 Å². The van der Waals surface area contributed by atoms with Gasteiger partial charge in [-0.05, 0) is 60.7 Å². The summed E-state index contributed by atoms with van der Waals surface area (Å²) in [6, 6.07) is 12.4. The Morgan fingerprint density at radius 3 is 1.43 bits per heavy atom. The molecule has 3 aromatic rings. The van der Waals surface area contributed by atoms with Crippen LogP contribution in [-0.2, 0) is 28.7 Å². The maximum Gasteiger partial charge on any atom is 0.349 e. The lowest BCUT2D eigenvalue weighted by Crippen LogP contribution is -2.54. The smallest absolute Gasteiger partial charge is 0.349 e. The average molecular weight is 683 g/mol. The lowest BCUT2D eigenvalue weighted by molar-refractivity contribution is -0.159. The molecule has 0 fully saturated rings. The predicted molar refractivity (Wildman–Crippen MR) is 163 cm³/mol. The van der Waals surface area contributed by atoms with Gasteiger partial charge in [0.25, 0.3) is 11.8 Å². The Labute approximate surface area is 277 Å². The minimum atomic E-state index is -2.49. The molecule has 2 amide bonds. The van der Waals surface area contributed by atoms with Gasteiger partial charge in [-0.3, -0.25) is 30.0 Å². The van der Waals surface area contributed by atoms with E-state index in [1.54, 1.807) is 0 Å². The molecule has 0 saturated heterocycles. The van der Waals surface area contributed by atoms with Gasteiger partial charge in [-0.1, -0.05) is 0 Å². The number of ether oxygens (including phenoxy) is 7. The van der Waals surface area contributed by atoms with E-state index in [0.29, 0.717) is 5.75 Å². The molecule has 49 heavy (non-hydrogen) atoms.